The average Bonchev–Trinajstić information content (AvgIpc) is 2.34. The Balaban J connectivity index is 2.05. The van der Waals surface area contributed by atoms with Crippen molar-refractivity contribution in [1.29, 1.82) is 0 Å². The number of benzene rings is 1. The number of nitrogens with two attached hydrogens (primary N) is 1. The Morgan fingerprint density at radius 3 is 3.00 bits per heavy atom. The lowest BCUT2D eigenvalue weighted by atomic mass is 10.1. The molecule has 0 bridgehead atoms. The van der Waals surface area contributed by atoms with E-state index in [4.69, 9.17) is 10.5 Å². The van der Waals surface area contributed by atoms with Gasteiger partial charge in [-0.1, -0.05) is 19.1 Å². The van der Waals surface area contributed by atoms with E-state index in [2.05, 4.69) is 30.9 Å². The molecule has 3 nitrogen and oxygen atoms in total. The predicted molar refractivity (Wildman–Crippen MR) is 70.9 cm³/mol. The van der Waals surface area contributed by atoms with Gasteiger partial charge in [-0.05, 0) is 30.5 Å². The number of rotatable bonds is 3. The summed E-state index contributed by atoms with van der Waals surface area (Å²) in [5, 5.41) is 0. The molecule has 1 aromatic carbocycles. The summed E-state index contributed by atoms with van der Waals surface area (Å²) >= 11 is 0. The number of hydrogen-bond acceptors (Lipinski definition) is 3. The summed E-state index contributed by atoms with van der Waals surface area (Å²) in [7, 11) is 0. The summed E-state index contributed by atoms with van der Waals surface area (Å²) in [5.74, 6) is 0. The summed E-state index contributed by atoms with van der Waals surface area (Å²) in [6.07, 6.45) is 1.15. The van der Waals surface area contributed by atoms with Crippen LogP contribution < -0.4 is 5.73 Å². The van der Waals surface area contributed by atoms with Gasteiger partial charge >= 0.3 is 0 Å². The molecule has 0 saturated carbocycles. The minimum atomic E-state index is 0.557. The van der Waals surface area contributed by atoms with Gasteiger partial charge in [-0.25, -0.2) is 0 Å². The van der Waals surface area contributed by atoms with Crippen molar-refractivity contribution >= 4 is 5.69 Å². The van der Waals surface area contributed by atoms with Gasteiger partial charge in [0.25, 0.3) is 0 Å². The molecule has 1 fully saturated rings. The molecule has 2 rings (SSSR count). The predicted octanol–water partition coefficient (Wildman–Crippen LogP) is 2.19. The van der Waals surface area contributed by atoms with Crippen molar-refractivity contribution in [1.82, 2.24) is 4.90 Å². The van der Waals surface area contributed by atoms with E-state index in [1.807, 2.05) is 6.07 Å². The third kappa shape index (κ3) is 2.99. The van der Waals surface area contributed by atoms with Crippen molar-refractivity contribution in [3.8, 4) is 0 Å². The molecule has 1 aliphatic heterocycles. The van der Waals surface area contributed by atoms with E-state index in [0.29, 0.717) is 6.04 Å². The maximum Gasteiger partial charge on any atom is 0.0622 e. The first-order valence-corrected chi connectivity index (χ1v) is 6.37. The number of nitrogen functional groups attached to an aromatic ring is 1. The molecule has 94 valence electrons. The summed E-state index contributed by atoms with van der Waals surface area (Å²) < 4.78 is 5.52. The molecule has 0 radical (unpaired) electrons. The number of nitrogens with zero attached hydrogens (tertiary/aromatic N) is 1. The van der Waals surface area contributed by atoms with E-state index < -0.39 is 0 Å². The van der Waals surface area contributed by atoms with Gasteiger partial charge in [0.05, 0.1) is 13.2 Å². The third-order valence-electron chi connectivity index (χ3n) is 3.54. The van der Waals surface area contributed by atoms with E-state index in [1.165, 1.54) is 11.1 Å². The zero-order chi connectivity index (χ0) is 12.3. The summed E-state index contributed by atoms with van der Waals surface area (Å²) in [6.45, 7) is 8.04. The number of morpholine rings is 1. The Hall–Kier alpha value is -1.06. The minimum Gasteiger partial charge on any atom is -0.399 e. The molecule has 17 heavy (non-hydrogen) atoms. The van der Waals surface area contributed by atoms with Crippen molar-refractivity contribution in [3.05, 3.63) is 29.3 Å². The van der Waals surface area contributed by atoms with Crippen LogP contribution in [0.25, 0.3) is 0 Å². The molecule has 0 spiro atoms. The van der Waals surface area contributed by atoms with Gasteiger partial charge in [-0.15, -0.1) is 0 Å². The third-order valence-corrected chi connectivity index (χ3v) is 3.54. The molecular weight excluding hydrogens is 212 g/mol. The van der Waals surface area contributed by atoms with Crippen molar-refractivity contribution < 1.29 is 4.74 Å². The zero-order valence-corrected chi connectivity index (χ0v) is 10.8. The van der Waals surface area contributed by atoms with Crippen LogP contribution >= 0.6 is 0 Å². The van der Waals surface area contributed by atoms with Gasteiger partial charge in [-0.3, -0.25) is 4.90 Å². The number of aryl methyl sites for hydroxylation is 1. The number of hydrogen-bond donors (Lipinski definition) is 1. The largest absolute Gasteiger partial charge is 0.399 e. The second-order valence-corrected chi connectivity index (χ2v) is 4.80. The fourth-order valence-corrected chi connectivity index (χ4v) is 2.34. The van der Waals surface area contributed by atoms with Gasteiger partial charge in [0.1, 0.15) is 0 Å². The van der Waals surface area contributed by atoms with E-state index in [0.717, 1.165) is 38.4 Å². The fraction of sp³-hybridized carbons (Fsp3) is 0.571. The van der Waals surface area contributed by atoms with Gasteiger partial charge in [0.2, 0.25) is 0 Å². The van der Waals surface area contributed by atoms with Crippen molar-refractivity contribution in [3.63, 3.8) is 0 Å². The molecule has 1 heterocycles. The molecule has 1 aliphatic rings. The Kier molecular flexibility index (Phi) is 4.02. The monoisotopic (exact) mass is 234 g/mol. The SMILES string of the molecule is CCC1COCCN1Cc1ccc(N)c(C)c1. The summed E-state index contributed by atoms with van der Waals surface area (Å²) in [5.41, 5.74) is 9.23. The van der Waals surface area contributed by atoms with Crippen LogP contribution in [0.1, 0.15) is 24.5 Å². The minimum absolute atomic E-state index is 0.557. The Labute approximate surface area is 104 Å². The number of ether oxygens (including phenoxy) is 1. The van der Waals surface area contributed by atoms with Crippen LogP contribution in [0.5, 0.6) is 0 Å². The van der Waals surface area contributed by atoms with Crippen molar-refractivity contribution in [2.24, 2.45) is 0 Å². The molecular formula is C14H22N2O. The lowest BCUT2D eigenvalue weighted by Gasteiger charge is -2.35. The highest BCUT2D eigenvalue weighted by Crippen LogP contribution is 2.18. The summed E-state index contributed by atoms with van der Waals surface area (Å²) in [4.78, 5) is 2.51. The molecule has 0 aromatic heterocycles. The molecule has 1 saturated heterocycles. The molecule has 0 aliphatic carbocycles. The van der Waals surface area contributed by atoms with E-state index in [9.17, 15) is 0 Å². The van der Waals surface area contributed by atoms with Crippen LogP contribution in [0, 0.1) is 6.92 Å². The smallest absolute Gasteiger partial charge is 0.0622 e. The average molecular weight is 234 g/mol. The first-order valence-electron chi connectivity index (χ1n) is 6.37. The lowest BCUT2D eigenvalue weighted by molar-refractivity contribution is -0.0127. The van der Waals surface area contributed by atoms with Gasteiger partial charge in [-0.2, -0.15) is 0 Å². The topological polar surface area (TPSA) is 38.5 Å². The molecule has 1 unspecified atom stereocenters. The van der Waals surface area contributed by atoms with Gasteiger partial charge < -0.3 is 10.5 Å². The highest BCUT2D eigenvalue weighted by atomic mass is 16.5. The van der Waals surface area contributed by atoms with Crippen molar-refractivity contribution in [2.45, 2.75) is 32.9 Å². The second kappa shape index (κ2) is 5.52. The maximum absolute atomic E-state index is 5.84. The molecule has 1 atom stereocenters. The first-order chi connectivity index (χ1) is 8.20. The van der Waals surface area contributed by atoms with Gasteiger partial charge in [0.15, 0.2) is 0 Å². The van der Waals surface area contributed by atoms with E-state index in [-0.39, 0.29) is 0 Å². The normalized spacial score (nSPS) is 21.6. The van der Waals surface area contributed by atoms with Crippen LogP contribution in [0.3, 0.4) is 0 Å². The molecule has 3 heteroatoms. The molecule has 1 aromatic rings. The Morgan fingerprint density at radius 2 is 2.29 bits per heavy atom. The quantitative estimate of drug-likeness (QED) is 0.815. The zero-order valence-electron chi connectivity index (χ0n) is 10.8. The fourth-order valence-electron chi connectivity index (χ4n) is 2.34. The van der Waals surface area contributed by atoms with Crippen LogP contribution in [0.4, 0.5) is 5.69 Å². The lowest BCUT2D eigenvalue weighted by Crippen LogP contribution is -2.44. The van der Waals surface area contributed by atoms with Gasteiger partial charge in [0, 0.05) is 24.8 Å². The van der Waals surface area contributed by atoms with Crippen LogP contribution in [0.15, 0.2) is 18.2 Å². The molecule has 0 amide bonds. The van der Waals surface area contributed by atoms with E-state index >= 15 is 0 Å². The van der Waals surface area contributed by atoms with Crippen LogP contribution in [-0.2, 0) is 11.3 Å². The van der Waals surface area contributed by atoms with E-state index in [1.54, 1.807) is 0 Å². The highest BCUT2D eigenvalue weighted by molar-refractivity contribution is 5.47. The highest BCUT2D eigenvalue weighted by Gasteiger charge is 2.21. The molecule has 2 N–H and O–H groups in total. The summed E-state index contributed by atoms with van der Waals surface area (Å²) in [6, 6.07) is 6.88. The second-order valence-electron chi connectivity index (χ2n) is 4.80. The van der Waals surface area contributed by atoms with Crippen LogP contribution in [0.2, 0.25) is 0 Å². The standard InChI is InChI=1S/C14H22N2O/c1-3-13-10-17-7-6-16(13)9-12-4-5-14(15)11(2)8-12/h4-5,8,13H,3,6-7,9-10,15H2,1-2H3. The Morgan fingerprint density at radius 1 is 1.47 bits per heavy atom. The first kappa shape index (κ1) is 12.4. The maximum atomic E-state index is 5.84. The van der Waals surface area contributed by atoms with Crippen LogP contribution in [-0.4, -0.2) is 30.7 Å². The Bertz CT molecular complexity index is 378. The van der Waals surface area contributed by atoms with Crippen molar-refractivity contribution in [2.75, 3.05) is 25.5 Å². The number of anilines is 1.